The molecule has 100 valence electrons. The molecule has 1 aromatic rings. The van der Waals surface area contributed by atoms with Gasteiger partial charge in [0.2, 0.25) is 0 Å². The first-order chi connectivity index (χ1) is 8.49. The van der Waals surface area contributed by atoms with E-state index in [0.717, 1.165) is 12.1 Å². The zero-order valence-electron chi connectivity index (χ0n) is 10.2. The van der Waals surface area contributed by atoms with Crippen LogP contribution >= 0.6 is 0 Å². The molecule has 0 amide bonds. The van der Waals surface area contributed by atoms with Gasteiger partial charge in [-0.15, -0.1) is 0 Å². The highest BCUT2D eigenvalue weighted by atomic mass is 19.1. The van der Waals surface area contributed by atoms with E-state index in [1.54, 1.807) is 0 Å². The van der Waals surface area contributed by atoms with Gasteiger partial charge in [-0.1, -0.05) is 0 Å². The summed E-state index contributed by atoms with van der Waals surface area (Å²) in [6.45, 7) is 0. The van der Waals surface area contributed by atoms with Crippen LogP contribution in [0.4, 0.5) is 8.78 Å². The maximum atomic E-state index is 13.6. The Morgan fingerprint density at radius 1 is 1.33 bits per heavy atom. The average molecular weight is 259 g/mol. The van der Waals surface area contributed by atoms with Gasteiger partial charge in [-0.2, -0.15) is 0 Å². The molecule has 0 fully saturated rings. The molecule has 1 atom stereocenters. The Bertz CT molecular complexity index is 438. The minimum absolute atomic E-state index is 0.0113. The smallest absolute Gasteiger partial charge is 0.305 e. The molecule has 0 radical (unpaired) electrons. The van der Waals surface area contributed by atoms with E-state index in [0.29, 0.717) is 0 Å². The maximum absolute atomic E-state index is 13.6. The highest BCUT2D eigenvalue weighted by Crippen LogP contribution is 2.26. The van der Waals surface area contributed by atoms with Crippen molar-refractivity contribution in [1.29, 1.82) is 0 Å². The topological polar surface area (TPSA) is 61.5 Å². The molecule has 0 saturated heterocycles. The van der Waals surface area contributed by atoms with Crippen LogP contribution in [0.15, 0.2) is 12.1 Å². The van der Waals surface area contributed by atoms with Gasteiger partial charge in [-0.25, -0.2) is 8.78 Å². The minimum atomic E-state index is -0.774. The number of hydrogen-bond donors (Lipinski definition) is 1. The summed E-state index contributed by atoms with van der Waals surface area (Å²) in [5.41, 5.74) is 5.72. The zero-order chi connectivity index (χ0) is 13.7. The molecule has 0 aromatic heterocycles. The number of esters is 1. The van der Waals surface area contributed by atoms with Crippen LogP contribution in [0.2, 0.25) is 0 Å². The Morgan fingerprint density at radius 3 is 2.56 bits per heavy atom. The first-order valence-electron chi connectivity index (χ1n) is 5.35. The molecule has 18 heavy (non-hydrogen) atoms. The molecule has 6 heteroatoms. The molecule has 0 spiro atoms. The largest absolute Gasteiger partial charge is 0.494 e. The fourth-order valence-electron chi connectivity index (χ4n) is 1.52. The van der Waals surface area contributed by atoms with Crippen LogP contribution in [0.25, 0.3) is 0 Å². The van der Waals surface area contributed by atoms with Gasteiger partial charge in [-0.05, 0) is 12.5 Å². The van der Waals surface area contributed by atoms with Crippen LogP contribution in [0, 0.1) is 11.6 Å². The Morgan fingerprint density at radius 2 is 2.00 bits per heavy atom. The van der Waals surface area contributed by atoms with Crippen LogP contribution in [-0.2, 0) is 9.53 Å². The van der Waals surface area contributed by atoms with Gasteiger partial charge in [-0.3, -0.25) is 4.79 Å². The lowest BCUT2D eigenvalue weighted by molar-refractivity contribution is -0.140. The van der Waals surface area contributed by atoms with Gasteiger partial charge in [0.25, 0.3) is 0 Å². The third-order valence-corrected chi connectivity index (χ3v) is 2.56. The van der Waals surface area contributed by atoms with Gasteiger partial charge in [0.05, 0.1) is 14.2 Å². The minimum Gasteiger partial charge on any atom is -0.494 e. The highest BCUT2D eigenvalue weighted by Gasteiger charge is 2.17. The highest BCUT2D eigenvalue weighted by molar-refractivity contribution is 5.69. The molecule has 0 aliphatic carbocycles. The van der Waals surface area contributed by atoms with Crippen molar-refractivity contribution >= 4 is 5.97 Å². The van der Waals surface area contributed by atoms with Gasteiger partial charge < -0.3 is 15.2 Å². The van der Waals surface area contributed by atoms with Crippen molar-refractivity contribution < 1.29 is 23.0 Å². The second kappa shape index (κ2) is 6.30. The quantitative estimate of drug-likeness (QED) is 0.821. The van der Waals surface area contributed by atoms with E-state index in [4.69, 9.17) is 5.73 Å². The summed E-state index contributed by atoms with van der Waals surface area (Å²) in [6, 6.07) is 1.14. The molecule has 1 rings (SSSR count). The van der Waals surface area contributed by atoms with Crippen molar-refractivity contribution in [1.82, 2.24) is 0 Å². The van der Waals surface area contributed by atoms with E-state index in [1.807, 2.05) is 0 Å². The third kappa shape index (κ3) is 3.40. The van der Waals surface area contributed by atoms with Gasteiger partial charge in [0.15, 0.2) is 11.6 Å². The normalized spacial score (nSPS) is 12.1. The second-order valence-electron chi connectivity index (χ2n) is 3.73. The van der Waals surface area contributed by atoms with Crippen molar-refractivity contribution in [3.05, 3.63) is 29.3 Å². The molecule has 2 N–H and O–H groups in total. The van der Waals surface area contributed by atoms with Crippen molar-refractivity contribution in [3.8, 4) is 5.75 Å². The molecule has 0 aliphatic heterocycles. The zero-order valence-corrected chi connectivity index (χ0v) is 10.2. The monoisotopic (exact) mass is 259 g/mol. The summed E-state index contributed by atoms with van der Waals surface area (Å²) in [5, 5.41) is 0. The number of benzene rings is 1. The average Bonchev–Trinajstić information content (AvgIpc) is 2.37. The lowest BCUT2D eigenvalue weighted by Crippen LogP contribution is -2.15. The van der Waals surface area contributed by atoms with Crippen LogP contribution in [-0.4, -0.2) is 20.2 Å². The number of methoxy groups -OCH3 is 2. The van der Waals surface area contributed by atoms with E-state index in [1.165, 1.54) is 14.2 Å². The Hall–Kier alpha value is -1.69. The van der Waals surface area contributed by atoms with E-state index in [2.05, 4.69) is 9.47 Å². The van der Waals surface area contributed by atoms with Crippen molar-refractivity contribution in [2.24, 2.45) is 5.73 Å². The standard InChI is InChI=1S/C12H15F2NO3/c1-17-11-6-8(13)7(5-9(11)14)10(15)3-4-12(16)18-2/h5-6,10H,3-4,15H2,1-2H3. The maximum Gasteiger partial charge on any atom is 0.305 e. The number of hydrogen-bond acceptors (Lipinski definition) is 4. The Balaban J connectivity index is 2.82. The van der Waals surface area contributed by atoms with Gasteiger partial charge >= 0.3 is 5.97 Å². The number of rotatable bonds is 5. The fraction of sp³-hybridized carbons (Fsp3) is 0.417. The van der Waals surface area contributed by atoms with E-state index in [-0.39, 0.29) is 24.2 Å². The van der Waals surface area contributed by atoms with E-state index >= 15 is 0 Å². The number of carbonyl (C=O) groups is 1. The summed E-state index contributed by atoms with van der Waals surface area (Å²) in [7, 11) is 2.50. The number of halogens is 2. The van der Waals surface area contributed by atoms with Crippen molar-refractivity contribution in [2.75, 3.05) is 14.2 Å². The predicted molar refractivity (Wildman–Crippen MR) is 61.1 cm³/mol. The predicted octanol–water partition coefficient (Wildman–Crippen LogP) is 1.93. The first kappa shape index (κ1) is 14.4. The molecular formula is C12H15F2NO3. The van der Waals surface area contributed by atoms with Crippen LogP contribution in [0.3, 0.4) is 0 Å². The number of ether oxygens (including phenoxy) is 2. The SMILES string of the molecule is COC(=O)CCC(N)c1cc(F)c(OC)cc1F. The fourth-order valence-corrected chi connectivity index (χ4v) is 1.52. The summed E-state index contributed by atoms with van der Waals surface area (Å²) in [4.78, 5) is 10.9. The summed E-state index contributed by atoms with van der Waals surface area (Å²) >= 11 is 0. The Kier molecular flexibility index (Phi) is 5.03. The van der Waals surface area contributed by atoms with E-state index < -0.39 is 23.6 Å². The molecule has 0 heterocycles. The van der Waals surface area contributed by atoms with Crippen molar-refractivity contribution in [2.45, 2.75) is 18.9 Å². The molecule has 4 nitrogen and oxygen atoms in total. The number of carbonyl (C=O) groups excluding carboxylic acids is 1. The molecule has 0 aliphatic rings. The molecule has 0 saturated carbocycles. The number of nitrogens with two attached hydrogens (primary N) is 1. The summed E-state index contributed by atoms with van der Waals surface area (Å²) < 4.78 is 36.1. The lowest BCUT2D eigenvalue weighted by atomic mass is 10.0. The summed E-state index contributed by atoms with van der Waals surface area (Å²) in [5.74, 6) is -1.98. The van der Waals surface area contributed by atoms with Gasteiger partial charge in [0.1, 0.15) is 5.82 Å². The molecule has 1 unspecified atom stereocenters. The van der Waals surface area contributed by atoms with Crippen LogP contribution in [0.5, 0.6) is 5.75 Å². The Labute approximate surface area is 104 Å². The lowest BCUT2D eigenvalue weighted by Gasteiger charge is -2.13. The summed E-state index contributed by atoms with van der Waals surface area (Å²) in [6.07, 6.45) is 0.222. The van der Waals surface area contributed by atoms with Crippen molar-refractivity contribution in [3.63, 3.8) is 0 Å². The molecular weight excluding hydrogens is 244 g/mol. The molecule has 1 aromatic carbocycles. The third-order valence-electron chi connectivity index (χ3n) is 2.56. The first-order valence-corrected chi connectivity index (χ1v) is 5.35. The molecule has 0 bridgehead atoms. The van der Waals surface area contributed by atoms with Gasteiger partial charge in [0, 0.05) is 24.1 Å². The van der Waals surface area contributed by atoms with Crippen LogP contribution < -0.4 is 10.5 Å². The van der Waals surface area contributed by atoms with E-state index in [9.17, 15) is 13.6 Å². The second-order valence-corrected chi connectivity index (χ2v) is 3.73. The van der Waals surface area contributed by atoms with Crippen LogP contribution in [0.1, 0.15) is 24.4 Å².